The van der Waals surface area contributed by atoms with Crippen LogP contribution in [0.15, 0.2) is 69.6 Å². The first-order valence-electron chi connectivity index (χ1n) is 6.56. The average molecular weight is 377 g/mol. The van der Waals surface area contributed by atoms with Crippen molar-refractivity contribution in [1.82, 2.24) is 0 Å². The van der Waals surface area contributed by atoms with Crippen molar-refractivity contribution >= 4 is 39.1 Å². The number of benzene rings is 2. The molecular formula is C17H11BrClNO2. The van der Waals surface area contributed by atoms with E-state index in [2.05, 4.69) is 21.2 Å². The Hall–Kier alpha value is -2.04. The second-order valence-corrected chi connectivity index (χ2v) is 5.84. The summed E-state index contributed by atoms with van der Waals surface area (Å²) in [6, 6.07) is 18.1. The molecule has 0 saturated heterocycles. The number of nitrogens with one attached hydrogen (secondary N) is 1. The molecule has 110 valence electrons. The predicted octanol–water partition coefficient (Wildman–Crippen LogP) is 5.61. The Morgan fingerprint density at radius 2 is 1.73 bits per heavy atom. The molecule has 0 unspecified atom stereocenters. The van der Waals surface area contributed by atoms with Crippen LogP contribution in [0.3, 0.4) is 0 Å². The molecule has 0 bridgehead atoms. The maximum atomic E-state index is 12.2. The zero-order valence-electron chi connectivity index (χ0n) is 11.3. The van der Waals surface area contributed by atoms with E-state index < -0.39 is 0 Å². The summed E-state index contributed by atoms with van der Waals surface area (Å²) in [6.45, 7) is 0. The molecule has 2 aromatic carbocycles. The fraction of sp³-hybridized carbons (Fsp3) is 0. The average Bonchev–Trinajstić information content (AvgIpc) is 3.00. The minimum Gasteiger partial charge on any atom is -0.451 e. The van der Waals surface area contributed by atoms with Gasteiger partial charge < -0.3 is 9.73 Å². The first-order chi connectivity index (χ1) is 10.6. The van der Waals surface area contributed by atoms with Crippen molar-refractivity contribution in [3.8, 4) is 11.3 Å². The fourth-order valence-corrected chi connectivity index (χ4v) is 2.62. The highest BCUT2D eigenvalue weighted by Crippen LogP contribution is 2.29. The molecule has 0 aliphatic heterocycles. The molecular weight excluding hydrogens is 366 g/mol. The Labute approximate surface area is 141 Å². The number of para-hydroxylation sites is 1. The molecule has 5 heteroatoms. The van der Waals surface area contributed by atoms with E-state index in [-0.39, 0.29) is 11.7 Å². The van der Waals surface area contributed by atoms with E-state index in [1.165, 1.54) is 0 Å². The van der Waals surface area contributed by atoms with Crippen LogP contribution in [-0.4, -0.2) is 5.91 Å². The van der Waals surface area contributed by atoms with Crippen molar-refractivity contribution in [2.45, 2.75) is 0 Å². The Morgan fingerprint density at radius 3 is 2.50 bits per heavy atom. The number of halogens is 2. The van der Waals surface area contributed by atoms with Gasteiger partial charge in [-0.15, -0.1) is 0 Å². The molecule has 1 aromatic heterocycles. The molecule has 3 aromatic rings. The summed E-state index contributed by atoms with van der Waals surface area (Å²) in [5, 5.41) is 3.37. The predicted molar refractivity (Wildman–Crippen MR) is 91.2 cm³/mol. The second kappa shape index (κ2) is 6.38. The lowest BCUT2D eigenvalue weighted by Crippen LogP contribution is -2.11. The van der Waals surface area contributed by atoms with E-state index in [1.807, 2.05) is 36.4 Å². The van der Waals surface area contributed by atoms with Crippen LogP contribution in [0.1, 0.15) is 10.6 Å². The van der Waals surface area contributed by atoms with E-state index in [0.717, 1.165) is 10.0 Å². The summed E-state index contributed by atoms with van der Waals surface area (Å²) < 4.78 is 6.42. The molecule has 0 radical (unpaired) electrons. The van der Waals surface area contributed by atoms with Crippen LogP contribution in [0.5, 0.6) is 0 Å². The standard InChI is InChI=1S/C17H11BrClNO2/c18-12-6-2-4-8-14(12)20-17(21)16-10-9-15(22-16)11-5-1-3-7-13(11)19/h1-10H,(H,20,21). The molecule has 1 heterocycles. The molecule has 3 nitrogen and oxygen atoms in total. The van der Waals surface area contributed by atoms with Crippen molar-refractivity contribution in [3.05, 3.63) is 75.9 Å². The van der Waals surface area contributed by atoms with Crippen molar-refractivity contribution in [2.24, 2.45) is 0 Å². The van der Waals surface area contributed by atoms with E-state index >= 15 is 0 Å². The third-order valence-corrected chi connectivity index (χ3v) is 4.11. The third kappa shape index (κ3) is 3.08. The number of anilines is 1. The molecule has 0 spiro atoms. The summed E-state index contributed by atoms with van der Waals surface area (Å²) in [4.78, 5) is 12.2. The largest absolute Gasteiger partial charge is 0.451 e. The van der Waals surface area contributed by atoms with Crippen LogP contribution in [0, 0.1) is 0 Å². The second-order valence-electron chi connectivity index (χ2n) is 4.58. The third-order valence-electron chi connectivity index (χ3n) is 3.09. The monoisotopic (exact) mass is 375 g/mol. The van der Waals surface area contributed by atoms with Crippen LogP contribution < -0.4 is 5.32 Å². The van der Waals surface area contributed by atoms with Gasteiger partial charge >= 0.3 is 0 Å². The van der Waals surface area contributed by atoms with Gasteiger partial charge in [0.25, 0.3) is 5.91 Å². The lowest BCUT2D eigenvalue weighted by atomic mass is 10.2. The number of rotatable bonds is 3. The first kappa shape index (κ1) is 14.9. The smallest absolute Gasteiger partial charge is 0.291 e. The van der Waals surface area contributed by atoms with Crippen LogP contribution in [0.25, 0.3) is 11.3 Å². The van der Waals surface area contributed by atoms with Gasteiger partial charge in [0.05, 0.1) is 10.7 Å². The molecule has 0 fully saturated rings. The van der Waals surface area contributed by atoms with Crippen LogP contribution in [0.4, 0.5) is 5.69 Å². The number of furan rings is 1. The summed E-state index contributed by atoms with van der Waals surface area (Å²) in [5.74, 6) is 0.471. The summed E-state index contributed by atoms with van der Waals surface area (Å²) in [6.07, 6.45) is 0. The highest BCUT2D eigenvalue weighted by molar-refractivity contribution is 9.10. The molecule has 0 saturated carbocycles. The van der Waals surface area contributed by atoms with Crippen LogP contribution >= 0.6 is 27.5 Å². The van der Waals surface area contributed by atoms with Crippen LogP contribution in [-0.2, 0) is 0 Å². The van der Waals surface area contributed by atoms with Gasteiger partial charge in [-0.2, -0.15) is 0 Å². The van der Waals surface area contributed by atoms with Gasteiger partial charge in [-0.05, 0) is 52.3 Å². The number of amides is 1. The Balaban J connectivity index is 1.84. The van der Waals surface area contributed by atoms with Gasteiger partial charge in [0.15, 0.2) is 5.76 Å². The molecule has 0 atom stereocenters. The van der Waals surface area contributed by atoms with Gasteiger partial charge in [-0.1, -0.05) is 35.9 Å². The Bertz CT molecular complexity index is 829. The Kier molecular flexibility index (Phi) is 4.32. The molecule has 1 amide bonds. The van der Waals surface area contributed by atoms with E-state index in [4.69, 9.17) is 16.0 Å². The van der Waals surface area contributed by atoms with E-state index in [0.29, 0.717) is 16.5 Å². The molecule has 22 heavy (non-hydrogen) atoms. The molecule has 0 aliphatic rings. The summed E-state index contributed by atoms with van der Waals surface area (Å²) in [7, 11) is 0. The number of hydrogen-bond acceptors (Lipinski definition) is 2. The zero-order valence-corrected chi connectivity index (χ0v) is 13.7. The fourth-order valence-electron chi connectivity index (χ4n) is 2.01. The Morgan fingerprint density at radius 1 is 1.00 bits per heavy atom. The topological polar surface area (TPSA) is 42.2 Å². The lowest BCUT2D eigenvalue weighted by Gasteiger charge is -2.05. The number of carbonyl (C=O) groups excluding carboxylic acids is 1. The van der Waals surface area contributed by atoms with Gasteiger partial charge in [0.1, 0.15) is 5.76 Å². The summed E-state index contributed by atoms with van der Waals surface area (Å²) in [5.41, 5.74) is 1.44. The maximum Gasteiger partial charge on any atom is 0.291 e. The first-order valence-corrected chi connectivity index (χ1v) is 7.73. The molecule has 1 N–H and O–H groups in total. The van der Waals surface area contributed by atoms with Crippen molar-refractivity contribution in [1.29, 1.82) is 0 Å². The minimum absolute atomic E-state index is 0.227. The van der Waals surface area contributed by atoms with Gasteiger partial charge in [-0.25, -0.2) is 0 Å². The normalized spacial score (nSPS) is 10.5. The number of carbonyl (C=O) groups is 1. The zero-order chi connectivity index (χ0) is 15.5. The quantitative estimate of drug-likeness (QED) is 0.645. The van der Waals surface area contributed by atoms with Gasteiger partial charge in [0, 0.05) is 10.0 Å². The van der Waals surface area contributed by atoms with Crippen molar-refractivity contribution < 1.29 is 9.21 Å². The highest BCUT2D eigenvalue weighted by atomic mass is 79.9. The van der Waals surface area contributed by atoms with Gasteiger partial charge in [-0.3, -0.25) is 4.79 Å². The summed E-state index contributed by atoms with van der Waals surface area (Å²) >= 11 is 9.52. The van der Waals surface area contributed by atoms with Crippen molar-refractivity contribution in [2.75, 3.05) is 5.32 Å². The SMILES string of the molecule is O=C(Nc1ccccc1Br)c1ccc(-c2ccccc2Cl)o1. The number of hydrogen-bond donors (Lipinski definition) is 1. The lowest BCUT2D eigenvalue weighted by molar-refractivity contribution is 0.0997. The van der Waals surface area contributed by atoms with Gasteiger partial charge in [0.2, 0.25) is 0 Å². The van der Waals surface area contributed by atoms with Crippen LogP contribution in [0.2, 0.25) is 5.02 Å². The molecule has 0 aliphatic carbocycles. The highest BCUT2D eigenvalue weighted by Gasteiger charge is 2.14. The van der Waals surface area contributed by atoms with E-state index in [1.54, 1.807) is 24.3 Å². The maximum absolute atomic E-state index is 12.2. The van der Waals surface area contributed by atoms with E-state index in [9.17, 15) is 4.79 Å². The van der Waals surface area contributed by atoms with Crippen molar-refractivity contribution in [3.63, 3.8) is 0 Å². The minimum atomic E-state index is -0.315. The molecule has 3 rings (SSSR count).